The van der Waals surface area contributed by atoms with Gasteiger partial charge in [0, 0.05) is 12.8 Å². The number of ether oxygens (including phenoxy) is 1. The molecular formula is C18H30O5. The lowest BCUT2D eigenvalue weighted by Gasteiger charge is -2.27. The van der Waals surface area contributed by atoms with Crippen LogP contribution in [-0.2, 0) is 19.1 Å². The highest BCUT2D eigenvalue weighted by molar-refractivity contribution is 6.37. The largest absolute Gasteiger partial charge is 0.481 e. The summed E-state index contributed by atoms with van der Waals surface area (Å²) in [5, 5.41) is 8.58. The lowest BCUT2D eigenvalue weighted by atomic mass is 9.97. The number of aliphatic carboxylic acids is 1. The molecule has 0 aliphatic carbocycles. The predicted molar refractivity (Wildman–Crippen MR) is 87.4 cm³/mol. The quantitative estimate of drug-likeness (QED) is 0.489. The number of ketones is 2. The smallest absolute Gasteiger partial charge is 0.303 e. The van der Waals surface area contributed by atoms with E-state index in [-0.39, 0.29) is 31.5 Å². The SMILES string of the molecule is CCCCC[C@H]1CCCCC[C@@H](CC(=O)C(=O)CCC(=O)O)O1. The average Bonchev–Trinajstić information content (AvgIpc) is 2.48. The van der Waals surface area contributed by atoms with Crippen molar-refractivity contribution in [3.63, 3.8) is 0 Å². The van der Waals surface area contributed by atoms with Gasteiger partial charge in [0.1, 0.15) is 0 Å². The first-order valence-electron chi connectivity index (χ1n) is 8.96. The Morgan fingerprint density at radius 3 is 2.30 bits per heavy atom. The Morgan fingerprint density at radius 2 is 1.65 bits per heavy atom. The fourth-order valence-corrected chi connectivity index (χ4v) is 2.99. The van der Waals surface area contributed by atoms with E-state index >= 15 is 0 Å². The lowest BCUT2D eigenvalue weighted by Crippen LogP contribution is -2.29. The predicted octanol–water partition coefficient (Wildman–Crippen LogP) is 3.68. The summed E-state index contributed by atoms with van der Waals surface area (Å²) in [5.41, 5.74) is 0. The monoisotopic (exact) mass is 326 g/mol. The first-order chi connectivity index (χ1) is 11.0. The third-order valence-electron chi connectivity index (χ3n) is 4.36. The number of hydrogen-bond acceptors (Lipinski definition) is 4. The van der Waals surface area contributed by atoms with Crippen molar-refractivity contribution in [1.82, 2.24) is 0 Å². The molecule has 0 saturated carbocycles. The van der Waals surface area contributed by atoms with Gasteiger partial charge in [0.05, 0.1) is 18.6 Å². The summed E-state index contributed by atoms with van der Waals surface area (Å²) < 4.78 is 6.10. The fourth-order valence-electron chi connectivity index (χ4n) is 2.99. The van der Waals surface area contributed by atoms with Gasteiger partial charge in [-0.2, -0.15) is 0 Å². The minimum atomic E-state index is -1.05. The molecule has 1 aliphatic rings. The van der Waals surface area contributed by atoms with Gasteiger partial charge in [-0.05, 0) is 19.3 Å². The van der Waals surface area contributed by atoms with Crippen LogP contribution in [0.15, 0.2) is 0 Å². The number of unbranched alkanes of at least 4 members (excludes halogenated alkanes) is 2. The van der Waals surface area contributed by atoms with Crippen LogP contribution in [-0.4, -0.2) is 34.9 Å². The topological polar surface area (TPSA) is 80.7 Å². The van der Waals surface area contributed by atoms with Gasteiger partial charge in [-0.15, -0.1) is 0 Å². The molecule has 2 atom stereocenters. The lowest BCUT2D eigenvalue weighted by molar-refractivity contribution is -0.142. The highest BCUT2D eigenvalue weighted by Gasteiger charge is 2.24. The number of carboxylic acids is 1. The van der Waals surface area contributed by atoms with Crippen molar-refractivity contribution in [2.24, 2.45) is 0 Å². The molecule has 0 unspecified atom stereocenters. The Labute approximate surface area is 138 Å². The average molecular weight is 326 g/mol. The second-order valence-electron chi connectivity index (χ2n) is 6.46. The maximum atomic E-state index is 12.0. The Morgan fingerprint density at radius 1 is 0.957 bits per heavy atom. The molecule has 0 aromatic carbocycles. The number of carbonyl (C=O) groups is 3. The maximum Gasteiger partial charge on any atom is 0.303 e. The zero-order valence-electron chi connectivity index (χ0n) is 14.2. The van der Waals surface area contributed by atoms with E-state index in [1.807, 2.05) is 0 Å². The number of hydrogen-bond donors (Lipinski definition) is 1. The summed E-state index contributed by atoms with van der Waals surface area (Å²) in [4.78, 5) is 34.1. The number of rotatable bonds is 10. The van der Waals surface area contributed by atoms with Gasteiger partial charge in [0.25, 0.3) is 0 Å². The second kappa shape index (κ2) is 11.3. The molecule has 0 spiro atoms. The van der Waals surface area contributed by atoms with E-state index in [9.17, 15) is 14.4 Å². The molecule has 23 heavy (non-hydrogen) atoms. The Kier molecular flexibility index (Phi) is 9.76. The van der Waals surface area contributed by atoms with E-state index in [1.54, 1.807) is 0 Å². The van der Waals surface area contributed by atoms with Crippen molar-refractivity contribution < 1.29 is 24.2 Å². The molecule has 0 radical (unpaired) electrons. The van der Waals surface area contributed by atoms with Crippen LogP contribution in [0.25, 0.3) is 0 Å². The second-order valence-corrected chi connectivity index (χ2v) is 6.46. The van der Waals surface area contributed by atoms with Gasteiger partial charge in [0.2, 0.25) is 5.78 Å². The zero-order valence-corrected chi connectivity index (χ0v) is 14.2. The standard InChI is InChI=1S/C18H30O5/c1-2-3-5-8-14-9-6-4-7-10-15(23-14)13-17(20)16(19)11-12-18(21)22/h14-15H,2-13H2,1H3,(H,21,22)/t14-,15-/m0/s1. The van der Waals surface area contributed by atoms with Crippen molar-refractivity contribution >= 4 is 17.5 Å². The molecule has 5 heteroatoms. The van der Waals surface area contributed by atoms with Crippen molar-refractivity contribution in [2.75, 3.05) is 0 Å². The molecule has 0 amide bonds. The molecule has 5 nitrogen and oxygen atoms in total. The van der Waals surface area contributed by atoms with Gasteiger partial charge < -0.3 is 9.84 Å². The fraction of sp³-hybridized carbons (Fsp3) is 0.833. The Bertz CT molecular complexity index is 391. The first-order valence-corrected chi connectivity index (χ1v) is 8.96. The molecule has 1 N–H and O–H groups in total. The van der Waals surface area contributed by atoms with Crippen LogP contribution in [0.1, 0.15) is 84.0 Å². The summed E-state index contributed by atoms with van der Waals surface area (Å²) in [6.07, 6.45) is 9.29. The third kappa shape index (κ3) is 8.84. The summed E-state index contributed by atoms with van der Waals surface area (Å²) in [6.45, 7) is 2.17. The molecule has 1 saturated heterocycles. The molecular weight excluding hydrogens is 296 g/mol. The van der Waals surface area contributed by atoms with E-state index in [1.165, 1.54) is 12.8 Å². The summed E-state index contributed by atoms with van der Waals surface area (Å²) in [6, 6.07) is 0. The third-order valence-corrected chi connectivity index (χ3v) is 4.36. The minimum absolute atomic E-state index is 0.0999. The van der Waals surface area contributed by atoms with Gasteiger partial charge in [0.15, 0.2) is 5.78 Å². The van der Waals surface area contributed by atoms with E-state index in [0.717, 1.165) is 44.9 Å². The number of carboxylic acid groups (broad SMARTS) is 1. The van der Waals surface area contributed by atoms with Gasteiger partial charge >= 0.3 is 5.97 Å². The molecule has 0 aromatic heterocycles. The van der Waals surface area contributed by atoms with Crippen LogP contribution in [0.5, 0.6) is 0 Å². The normalized spacial score (nSPS) is 22.1. The highest BCUT2D eigenvalue weighted by Crippen LogP contribution is 2.23. The number of carbonyl (C=O) groups excluding carboxylic acids is 2. The summed E-state index contributed by atoms with van der Waals surface area (Å²) in [7, 11) is 0. The first kappa shape index (κ1) is 19.8. The van der Waals surface area contributed by atoms with Crippen molar-refractivity contribution in [3.8, 4) is 0 Å². The number of Topliss-reactive ketones (excluding diaryl/α,β-unsaturated/α-hetero) is 2. The van der Waals surface area contributed by atoms with Crippen LogP contribution < -0.4 is 0 Å². The van der Waals surface area contributed by atoms with E-state index < -0.39 is 17.5 Å². The Balaban J connectivity index is 2.45. The van der Waals surface area contributed by atoms with E-state index in [0.29, 0.717) is 0 Å². The van der Waals surface area contributed by atoms with Crippen LogP contribution >= 0.6 is 0 Å². The molecule has 1 fully saturated rings. The summed E-state index contributed by atoms with van der Waals surface area (Å²) in [5.74, 6) is -2.12. The van der Waals surface area contributed by atoms with Gasteiger partial charge in [-0.1, -0.05) is 45.4 Å². The van der Waals surface area contributed by atoms with Crippen LogP contribution in [0.4, 0.5) is 0 Å². The van der Waals surface area contributed by atoms with Crippen LogP contribution in [0.3, 0.4) is 0 Å². The Hall–Kier alpha value is -1.23. The molecule has 1 rings (SSSR count). The van der Waals surface area contributed by atoms with Gasteiger partial charge in [-0.25, -0.2) is 0 Å². The maximum absolute atomic E-state index is 12.0. The molecule has 0 aromatic rings. The van der Waals surface area contributed by atoms with Gasteiger partial charge in [-0.3, -0.25) is 14.4 Å². The van der Waals surface area contributed by atoms with E-state index in [4.69, 9.17) is 9.84 Å². The minimum Gasteiger partial charge on any atom is -0.481 e. The van der Waals surface area contributed by atoms with Crippen LogP contribution in [0.2, 0.25) is 0 Å². The highest BCUT2D eigenvalue weighted by atomic mass is 16.5. The molecule has 0 bridgehead atoms. The van der Waals surface area contributed by atoms with E-state index in [2.05, 4.69) is 6.92 Å². The van der Waals surface area contributed by atoms with Crippen LogP contribution in [0, 0.1) is 0 Å². The summed E-state index contributed by atoms with van der Waals surface area (Å²) >= 11 is 0. The zero-order chi connectivity index (χ0) is 17.1. The molecule has 132 valence electrons. The van der Waals surface area contributed by atoms with Crippen molar-refractivity contribution in [1.29, 1.82) is 0 Å². The van der Waals surface area contributed by atoms with Crippen molar-refractivity contribution in [2.45, 2.75) is 96.2 Å². The van der Waals surface area contributed by atoms with Crippen molar-refractivity contribution in [3.05, 3.63) is 0 Å². The molecule has 1 aliphatic heterocycles. The molecule has 1 heterocycles.